The minimum Gasteiger partial charge on any atom is -0.390 e. The van der Waals surface area contributed by atoms with E-state index in [1.165, 1.54) is 0 Å². The molecule has 0 aliphatic carbocycles. The Morgan fingerprint density at radius 2 is 1.11 bits per heavy atom. The van der Waals surface area contributed by atoms with Crippen molar-refractivity contribution in [1.82, 2.24) is 4.90 Å². The molecule has 5 rings (SSSR count). The maximum Gasteiger partial charge on any atom is 0.113 e. The van der Waals surface area contributed by atoms with Gasteiger partial charge in [0, 0.05) is 13.1 Å². The first-order valence-electron chi connectivity index (χ1n) is 12.8. The SMILES string of the molecule is O[C@@H]1[C@H]2[C@@H](OCc3ccccc3)[C@H](OCc3ccccc3)[C@H](OCc3ccccc3)CN2CC[C@@H]1O. The quantitative estimate of drug-likeness (QED) is 0.479. The topological polar surface area (TPSA) is 71.4 Å². The van der Waals surface area contributed by atoms with E-state index in [9.17, 15) is 10.2 Å². The van der Waals surface area contributed by atoms with Crippen molar-refractivity contribution in [3.05, 3.63) is 108 Å². The van der Waals surface area contributed by atoms with E-state index < -0.39 is 24.4 Å². The van der Waals surface area contributed by atoms with Crippen LogP contribution in [-0.2, 0) is 34.0 Å². The fourth-order valence-electron chi connectivity index (χ4n) is 5.27. The van der Waals surface area contributed by atoms with E-state index in [-0.39, 0.29) is 12.1 Å². The molecule has 6 nitrogen and oxygen atoms in total. The zero-order chi connectivity index (χ0) is 24.7. The molecule has 6 heteroatoms. The first kappa shape index (κ1) is 25.1. The summed E-state index contributed by atoms with van der Waals surface area (Å²) in [6, 6.07) is 29.8. The Balaban J connectivity index is 1.41. The number of hydrogen-bond donors (Lipinski definition) is 2. The van der Waals surface area contributed by atoms with Gasteiger partial charge in [-0.1, -0.05) is 91.0 Å². The van der Waals surface area contributed by atoms with Crippen LogP contribution in [-0.4, -0.2) is 64.8 Å². The number of aliphatic hydroxyl groups excluding tert-OH is 2. The first-order valence-corrected chi connectivity index (χ1v) is 12.8. The standard InChI is InChI=1S/C30H35NO5/c32-25-16-17-31-18-26(34-19-22-10-4-1-5-11-22)29(35-20-23-12-6-2-7-13-23)30(27(31)28(25)33)36-21-24-14-8-3-9-15-24/h1-15,25-30,32-33H,16-21H2/t25-,26+,27-,28-,29+,30+/m0/s1. The molecule has 0 bridgehead atoms. The lowest BCUT2D eigenvalue weighted by molar-refractivity contribution is -0.233. The highest BCUT2D eigenvalue weighted by Crippen LogP contribution is 2.33. The van der Waals surface area contributed by atoms with Gasteiger partial charge in [0.05, 0.1) is 44.2 Å². The highest BCUT2D eigenvalue weighted by Gasteiger charge is 2.51. The Kier molecular flexibility index (Phi) is 8.43. The van der Waals surface area contributed by atoms with Crippen LogP contribution in [0.4, 0.5) is 0 Å². The van der Waals surface area contributed by atoms with Crippen LogP contribution in [0.15, 0.2) is 91.0 Å². The summed E-state index contributed by atoms with van der Waals surface area (Å²) in [7, 11) is 0. The number of piperidine rings is 2. The molecule has 3 aromatic carbocycles. The summed E-state index contributed by atoms with van der Waals surface area (Å²) < 4.78 is 19.5. The number of hydrogen-bond acceptors (Lipinski definition) is 6. The van der Waals surface area contributed by atoms with E-state index in [0.29, 0.717) is 39.3 Å². The summed E-state index contributed by atoms with van der Waals surface area (Å²) in [6.07, 6.45) is -2.34. The Bertz CT molecular complexity index is 1050. The van der Waals surface area contributed by atoms with Crippen molar-refractivity contribution in [2.24, 2.45) is 0 Å². The number of aliphatic hydroxyl groups is 2. The second-order valence-corrected chi connectivity index (χ2v) is 9.69. The molecule has 2 saturated heterocycles. The second-order valence-electron chi connectivity index (χ2n) is 9.69. The monoisotopic (exact) mass is 489 g/mol. The predicted molar refractivity (Wildman–Crippen MR) is 137 cm³/mol. The molecule has 2 fully saturated rings. The molecular weight excluding hydrogens is 454 g/mol. The van der Waals surface area contributed by atoms with Gasteiger partial charge in [-0.25, -0.2) is 0 Å². The van der Waals surface area contributed by atoms with Gasteiger partial charge in [-0.15, -0.1) is 0 Å². The molecule has 0 saturated carbocycles. The molecule has 0 spiro atoms. The Morgan fingerprint density at radius 1 is 0.639 bits per heavy atom. The van der Waals surface area contributed by atoms with Gasteiger partial charge in [-0.05, 0) is 23.1 Å². The third-order valence-electron chi connectivity index (χ3n) is 7.20. The molecule has 0 radical (unpaired) electrons. The van der Waals surface area contributed by atoms with Crippen LogP contribution < -0.4 is 0 Å². The van der Waals surface area contributed by atoms with Crippen molar-refractivity contribution in [2.75, 3.05) is 13.1 Å². The third-order valence-corrected chi connectivity index (χ3v) is 7.20. The maximum atomic E-state index is 11.1. The summed E-state index contributed by atoms with van der Waals surface area (Å²) in [5, 5.41) is 21.6. The largest absolute Gasteiger partial charge is 0.390 e. The molecule has 3 aromatic rings. The zero-order valence-corrected chi connectivity index (χ0v) is 20.4. The van der Waals surface area contributed by atoms with Crippen molar-refractivity contribution in [3.63, 3.8) is 0 Å². The average Bonchev–Trinajstić information content (AvgIpc) is 2.93. The fourth-order valence-corrected chi connectivity index (χ4v) is 5.27. The van der Waals surface area contributed by atoms with Crippen molar-refractivity contribution < 1.29 is 24.4 Å². The van der Waals surface area contributed by atoms with Crippen LogP contribution in [0.2, 0.25) is 0 Å². The molecule has 36 heavy (non-hydrogen) atoms. The van der Waals surface area contributed by atoms with Gasteiger partial charge in [-0.3, -0.25) is 4.90 Å². The van der Waals surface area contributed by atoms with Crippen LogP contribution in [0.1, 0.15) is 23.1 Å². The van der Waals surface area contributed by atoms with E-state index >= 15 is 0 Å². The predicted octanol–water partition coefficient (Wildman–Crippen LogP) is 3.55. The molecule has 0 amide bonds. The summed E-state index contributed by atoms with van der Waals surface area (Å²) in [5.41, 5.74) is 3.20. The average molecular weight is 490 g/mol. The summed E-state index contributed by atoms with van der Waals surface area (Å²) in [5.74, 6) is 0. The minimum atomic E-state index is -0.919. The highest BCUT2D eigenvalue weighted by atomic mass is 16.6. The number of nitrogens with zero attached hydrogens (tertiary/aromatic N) is 1. The van der Waals surface area contributed by atoms with Gasteiger partial charge < -0.3 is 24.4 Å². The van der Waals surface area contributed by atoms with E-state index in [0.717, 1.165) is 16.7 Å². The number of fused-ring (bicyclic) bond motifs is 1. The molecule has 2 aliphatic heterocycles. The fraction of sp³-hybridized carbons (Fsp3) is 0.400. The van der Waals surface area contributed by atoms with E-state index in [4.69, 9.17) is 14.2 Å². The lowest BCUT2D eigenvalue weighted by atomic mass is 9.83. The van der Waals surface area contributed by atoms with Gasteiger partial charge in [0.15, 0.2) is 0 Å². The lowest BCUT2D eigenvalue weighted by Gasteiger charge is -2.53. The van der Waals surface area contributed by atoms with E-state index in [1.54, 1.807) is 0 Å². The molecule has 0 unspecified atom stereocenters. The number of ether oxygens (including phenoxy) is 3. The minimum absolute atomic E-state index is 0.256. The number of benzene rings is 3. The molecular formula is C30H35NO5. The van der Waals surface area contributed by atoms with Gasteiger partial charge >= 0.3 is 0 Å². The molecule has 2 N–H and O–H groups in total. The van der Waals surface area contributed by atoms with Crippen molar-refractivity contribution in [3.8, 4) is 0 Å². The molecule has 2 aliphatic rings. The first-order chi connectivity index (χ1) is 17.7. The lowest BCUT2D eigenvalue weighted by Crippen LogP contribution is -2.70. The Hall–Kier alpha value is -2.58. The highest BCUT2D eigenvalue weighted by molar-refractivity contribution is 5.16. The molecule has 2 heterocycles. The Labute approximate surface area is 213 Å². The van der Waals surface area contributed by atoms with Crippen LogP contribution in [0, 0.1) is 0 Å². The summed E-state index contributed by atoms with van der Waals surface area (Å²) >= 11 is 0. The van der Waals surface area contributed by atoms with Crippen molar-refractivity contribution in [1.29, 1.82) is 0 Å². The number of rotatable bonds is 9. The second kappa shape index (κ2) is 12.1. The van der Waals surface area contributed by atoms with Crippen LogP contribution in [0.25, 0.3) is 0 Å². The van der Waals surface area contributed by atoms with Crippen LogP contribution >= 0.6 is 0 Å². The van der Waals surface area contributed by atoms with Gasteiger partial charge in [0.2, 0.25) is 0 Å². The Morgan fingerprint density at radius 3 is 1.64 bits per heavy atom. The van der Waals surface area contributed by atoms with E-state index in [2.05, 4.69) is 17.0 Å². The van der Waals surface area contributed by atoms with Crippen molar-refractivity contribution >= 4 is 0 Å². The normalized spacial score (nSPS) is 28.5. The van der Waals surface area contributed by atoms with Gasteiger partial charge in [-0.2, -0.15) is 0 Å². The zero-order valence-electron chi connectivity index (χ0n) is 20.4. The van der Waals surface area contributed by atoms with E-state index in [1.807, 2.05) is 78.9 Å². The van der Waals surface area contributed by atoms with Crippen molar-refractivity contribution in [2.45, 2.75) is 62.8 Å². The van der Waals surface area contributed by atoms with Gasteiger partial charge in [0.1, 0.15) is 12.2 Å². The van der Waals surface area contributed by atoms with Crippen LogP contribution in [0.3, 0.4) is 0 Å². The molecule has 190 valence electrons. The van der Waals surface area contributed by atoms with Gasteiger partial charge in [0.25, 0.3) is 0 Å². The van der Waals surface area contributed by atoms with Crippen LogP contribution in [0.5, 0.6) is 0 Å². The molecule has 0 aromatic heterocycles. The summed E-state index contributed by atoms with van der Waals surface area (Å²) in [6.45, 7) is 2.53. The third kappa shape index (κ3) is 6.03. The summed E-state index contributed by atoms with van der Waals surface area (Å²) in [4.78, 5) is 2.20. The maximum absolute atomic E-state index is 11.1. The smallest absolute Gasteiger partial charge is 0.113 e. The molecule has 6 atom stereocenters.